The minimum absolute atomic E-state index is 0.191. The van der Waals surface area contributed by atoms with Gasteiger partial charge in [-0.1, -0.05) is 121 Å². The minimum atomic E-state index is -2.35. The highest BCUT2D eigenvalue weighted by atomic mass is 16.4. The lowest BCUT2D eigenvalue weighted by Gasteiger charge is -2.47. The van der Waals surface area contributed by atoms with Crippen molar-refractivity contribution >= 4 is 11.9 Å². The van der Waals surface area contributed by atoms with Crippen molar-refractivity contribution < 1.29 is 19.8 Å². The lowest BCUT2D eigenvalue weighted by atomic mass is 9.51. The van der Waals surface area contributed by atoms with Crippen molar-refractivity contribution in [3.63, 3.8) is 0 Å². The van der Waals surface area contributed by atoms with Crippen LogP contribution in [-0.4, -0.2) is 22.2 Å². The van der Waals surface area contributed by atoms with E-state index in [0.29, 0.717) is 16.7 Å². The molecule has 4 rings (SSSR count). The number of hydrogen-bond donors (Lipinski definition) is 2. The summed E-state index contributed by atoms with van der Waals surface area (Å²) in [6.07, 6.45) is 0. The average molecular weight is 422 g/mol. The first-order chi connectivity index (χ1) is 15.6. The highest BCUT2D eigenvalue weighted by Gasteiger charge is 2.66. The van der Waals surface area contributed by atoms with Gasteiger partial charge in [-0.25, -0.2) is 0 Å². The molecule has 0 radical (unpaired) electrons. The fraction of sp³-hybridized carbons (Fsp3) is 0.0714. The van der Waals surface area contributed by atoms with Gasteiger partial charge in [0, 0.05) is 0 Å². The first-order valence-corrected chi connectivity index (χ1v) is 10.2. The van der Waals surface area contributed by atoms with E-state index in [0.717, 1.165) is 0 Å². The molecule has 4 aromatic carbocycles. The molecule has 0 spiro atoms. The number of carboxylic acid groups (broad SMARTS) is 2. The van der Waals surface area contributed by atoms with Crippen LogP contribution in [0.5, 0.6) is 0 Å². The molecule has 0 saturated carbocycles. The van der Waals surface area contributed by atoms with Crippen LogP contribution >= 0.6 is 0 Å². The smallest absolute Gasteiger partial charge is 0.327 e. The Kier molecular flexibility index (Phi) is 5.61. The maximum atomic E-state index is 13.2. The van der Waals surface area contributed by atoms with Crippen LogP contribution in [0, 0.1) is 0 Å². The van der Waals surface area contributed by atoms with Crippen molar-refractivity contribution in [2.75, 3.05) is 0 Å². The fourth-order valence-electron chi connectivity index (χ4n) is 4.78. The molecule has 0 atom stereocenters. The Balaban J connectivity index is 2.31. The van der Waals surface area contributed by atoms with E-state index in [-0.39, 0.29) is 5.56 Å². The van der Waals surface area contributed by atoms with E-state index in [1.54, 1.807) is 103 Å². The van der Waals surface area contributed by atoms with Crippen LogP contribution in [-0.2, 0) is 20.4 Å². The second-order valence-electron chi connectivity index (χ2n) is 7.57. The monoisotopic (exact) mass is 422 g/mol. The zero-order valence-corrected chi connectivity index (χ0v) is 17.3. The van der Waals surface area contributed by atoms with E-state index in [1.807, 2.05) is 18.2 Å². The molecular formula is C28H22O4. The van der Waals surface area contributed by atoms with Gasteiger partial charge in [0.05, 0.1) is 5.41 Å². The molecule has 158 valence electrons. The normalized spacial score (nSPS) is 11.6. The van der Waals surface area contributed by atoms with Crippen molar-refractivity contribution in [3.05, 3.63) is 144 Å². The summed E-state index contributed by atoms with van der Waals surface area (Å²) < 4.78 is 0. The molecule has 0 bridgehead atoms. The highest BCUT2D eigenvalue weighted by molar-refractivity contribution is 6.08. The van der Waals surface area contributed by atoms with Gasteiger partial charge >= 0.3 is 11.9 Å². The predicted octanol–water partition coefficient (Wildman–Crippen LogP) is 5.13. The summed E-state index contributed by atoms with van der Waals surface area (Å²) >= 11 is 0. The summed E-state index contributed by atoms with van der Waals surface area (Å²) in [5.74, 6) is -2.87. The Bertz CT molecular complexity index is 1090. The molecule has 0 aliphatic rings. The summed E-state index contributed by atoms with van der Waals surface area (Å²) in [4.78, 5) is 26.5. The van der Waals surface area contributed by atoms with Crippen molar-refractivity contribution in [1.29, 1.82) is 0 Å². The molecule has 4 aromatic rings. The molecule has 0 heterocycles. The molecule has 0 aliphatic carbocycles. The number of hydrogen-bond acceptors (Lipinski definition) is 2. The highest BCUT2D eigenvalue weighted by Crippen LogP contribution is 2.54. The van der Waals surface area contributed by atoms with Gasteiger partial charge in [0.1, 0.15) is 0 Å². The Morgan fingerprint density at radius 2 is 0.688 bits per heavy atom. The van der Waals surface area contributed by atoms with Crippen LogP contribution in [0.3, 0.4) is 0 Å². The summed E-state index contributed by atoms with van der Waals surface area (Å²) in [7, 11) is 0. The molecule has 2 N–H and O–H groups in total. The minimum Gasteiger partial charge on any atom is -0.480 e. The number of rotatable bonds is 7. The molecule has 0 amide bonds. The third-order valence-electron chi connectivity index (χ3n) is 6.03. The van der Waals surface area contributed by atoms with Gasteiger partial charge in [0.25, 0.3) is 0 Å². The molecule has 0 aliphatic heterocycles. The van der Waals surface area contributed by atoms with Crippen LogP contribution in [0.15, 0.2) is 121 Å². The van der Waals surface area contributed by atoms with Crippen molar-refractivity contribution in [2.45, 2.75) is 10.8 Å². The number of carboxylic acids is 2. The van der Waals surface area contributed by atoms with Gasteiger partial charge in [-0.2, -0.15) is 0 Å². The van der Waals surface area contributed by atoms with Crippen LogP contribution in [0.1, 0.15) is 22.3 Å². The Labute approximate surface area is 186 Å². The van der Waals surface area contributed by atoms with Gasteiger partial charge < -0.3 is 10.2 Å². The van der Waals surface area contributed by atoms with E-state index in [2.05, 4.69) is 0 Å². The van der Waals surface area contributed by atoms with Gasteiger partial charge in [-0.15, -0.1) is 0 Å². The van der Waals surface area contributed by atoms with Crippen molar-refractivity contribution in [1.82, 2.24) is 0 Å². The van der Waals surface area contributed by atoms with E-state index < -0.39 is 22.8 Å². The molecule has 32 heavy (non-hydrogen) atoms. The second-order valence-corrected chi connectivity index (χ2v) is 7.57. The Morgan fingerprint density at radius 1 is 0.438 bits per heavy atom. The van der Waals surface area contributed by atoms with Gasteiger partial charge in [-0.05, 0) is 22.3 Å². The average Bonchev–Trinajstić information content (AvgIpc) is 2.84. The van der Waals surface area contributed by atoms with Gasteiger partial charge in [0.2, 0.25) is 5.41 Å². The Hall–Kier alpha value is -4.18. The van der Waals surface area contributed by atoms with Gasteiger partial charge in [-0.3, -0.25) is 9.59 Å². The van der Waals surface area contributed by atoms with E-state index in [9.17, 15) is 19.8 Å². The number of benzene rings is 4. The zero-order valence-electron chi connectivity index (χ0n) is 17.3. The van der Waals surface area contributed by atoms with Crippen LogP contribution in [0.4, 0.5) is 0 Å². The lowest BCUT2D eigenvalue weighted by Crippen LogP contribution is -2.60. The number of aliphatic carboxylic acids is 2. The lowest BCUT2D eigenvalue weighted by molar-refractivity contribution is -0.160. The third-order valence-corrected chi connectivity index (χ3v) is 6.03. The summed E-state index contributed by atoms with van der Waals surface area (Å²) in [6, 6.07) is 35.3. The fourth-order valence-corrected chi connectivity index (χ4v) is 4.78. The SMILES string of the molecule is O=C(O)C(C(=O)O)(c1ccccc1)C(c1ccccc1)(c1ccccc1)c1ccccc1. The molecule has 4 heteroatoms. The van der Waals surface area contributed by atoms with E-state index in [1.165, 1.54) is 0 Å². The van der Waals surface area contributed by atoms with Crippen molar-refractivity contribution in [2.24, 2.45) is 0 Å². The number of carbonyl (C=O) groups is 2. The quantitative estimate of drug-likeness (QED) is 0.320. The first kappa shape index (κ1) is 21.1. The van der Waals surface area contributed by atoms with Crippen LogP contribution < -0.4 is 0 Å². The molecule has 0 unspecified atom stereocenters. The summed E-state index contributed by atoms with van der Waals surface area (Å²) in [5.41, 5.74) is -1.99. The molecule has 4 nitrogen and oxygen atoms in total. The Morgan fingerprint density at radius 3 is 0.938 bits per heavy atom. The molecule has 0 fully saturated rings. The molecule has 0 aromatic heterocycles. The zero-order chi connectivity index (χ0) is 22.6. The molecular weight excluding hydrogens is 400 g/mol. The third kappa shape index (κ3) is 3.00. The van der Waals surface area contributed by atoms with Crippen LogP contribution in [0.25, 0.3) is 0 Å². The maximum Gasteiger partial charge on any atom is 0.327 e. The standard InChI is InChI=1S/C28H22O4/c29-25(30)28(26(31)32,24-19-11-4-12-20-24)27(21-13-5-1-6-14-21,22-15-7-2-8-16-22)23-17-9-3-10-18-23/h1-20H,(H,29,30)(H,31,32). The summed E-state index contributed by atoms with van der Waals surface area (Å²) in [6.45, 7) is 0. The van der Waals surface area contributed by atoms with E-state index >= 15 is 0 Å². The molecule has 0 saturated heterocycles. The van der Waals surface area contributed by atoms with Crippen molar-refractivity contribution in [3.8, 4) is 0 Å². The largest absolute Gasteiger partial charge is 0.480 e. The van der Waals surface area contributed by atoms with E-state index in [4.69, 9.17) is 0 Å². The second kappa shape index (κ2) is 8.52. The van der Waals surface area contributed by atoms with Crippen LogP contribution in [0.2, 0.25) is 0 Å². The topological polar surface area (TPSA) is 74.6 Å². The summed E-state index contributed by atoms with van der Waals surface area (Å²) in [5, 5.41) is 21.6. The first-order valence-electron chi connectivity index (χ1n) is 10.2. The predicted molar refractivity (Wildman–Crippen MR) is 123 cm³/mol. The maximum absolute atomic E-state index is 13.2. The van der Waals surface area contributed by atoms with Gasteiger partial charge in [0.15, 0.2) is 0 Å².